The number of rotatable bonds is 12. The number of carboxylic acid groups (broad SMARTS) is 1. The van der Waals surface area contributed by atoms with E-state index in [-0.39, 0.29) is 11.7 Å². The van der Waals surface area contributed by atoms with Crippen molar-refractivity contribution in [2.45, 2.75) is 78.6 Å². The molecule has 0 aromatic rings. The van der Waals surface area contributed by atoms with Crippen molar-refractivity contribution in [3.05, 3.63) is 0 Å². The van der Waals surface area contributed by atoms with E-state index in [0.29, 0.717) is 6.42 Å². The maximum absolute atomic E-state index is 12.2. The quantitative estimate of drug-likeness (QED) is 0.421. The molecular weight excluding hydrogens is 240 g/mol. The zero-order valence-corrected chi connectivity index (χ0v) is 12.8. The Bertz CT molecular complexity index is 261. The lowest BCUT2D eigenvalue weighted by atomic mass is 9.87. The fourth-order valence-electron chi connectivity index (χ4n) is 2.35. The Balaban J connectivity index is 4.20. The molecule has 0 rings (SSSR count). The van der Waals surface area contributed by atoms with Gasteiger partial charge in [0.05, 0.1) is 0 Å². The molecule has 0 bridgehead atoms. The van der Waals surface area contributed by atoms with Crippen molar-refractivity contribution < 1.29 is 14.7 Å². The molecule has 0 heterocycles. The van der Waals surface area contributed by atoms with Crippen LogP contribution in [-0.2, 0) is 9.59 Å². The van der Waals surface area contributed by atoms with Crippen LogP contribution in [-0.4, -0.2) is 16.9 Å². The van der Waals surface area contributed by atoms with Crippen LogP contribution >= 0.6 is 0 Å². The predicted molar refractivity (Wildman–Crippen MR) is 78.2 cm³/mol. The highest BCUT2D eigenvalue weighted by Gasteiger charge is 2.28. The zero-order valence-electron chi connectivity index (χ0n) is 12.8. The number of hydrogen-bond acceptors (Lipinski definition) is 2. The number of unbranched alkanes of at least 4 members (excludes halogenated alkanes) is 5. The van der Waals surface area contributed by atoms with Crippen molar-refractivity contribution in [3.63, 3.8) is 0 Å². The van der Waals surface area contributed by atoms with Gasteiger partial charge in [0.2, 0.25) is 0 Å². The lowest BCUT2D eigenvalue weighted by molar-refractivity contribution is -0.147. The van der Waals surface area contributed by atoms with Gasteiger partial charge in [0, 0.05) is 5.92 Å². The molecule has 0 radical (unpaired) electrons. The molecule has 19 heavy (non-hydrogen) atoms. The third-order valence-electron chi connectivity index (χ3n) is 3.71. The van der Waals surface area contributed by atoms with E-state index in [2.05, 4.69) is 13.8 Å². The van der Waals surface area contributed by atoms with Gasteiger partial charge in [-0.15, -0.1) is 0 Å². The summed E-state index contributed by atoms with van der Waals surface area (Å²) in [5.74, 6) is -1.91. The van der Waals surface area contributed by atoms with Crippen LogP contribution in [0.4, 0.5) is 0 Å². The normalized spacial score (nSPS) is 14.1. The lowest BCUT2D eigenvalue weighted by Crippen LogP contribution is -2.28. The maximum Gasteiger partial charge on any atom is 0.314 e. The smallest absolute Gasteiger partial charge is 0.314 e. The average molecular weight is 270 g/mol. The number of Topliss-reactive ketones (excluding diaryl/α,β-unsaturated/α-hetero) is 1. The Morgan fingerprint density at radius 2 is 1.42 bits per heavy atom. The van der Waals surface area contributed by atoms with Gasteiger partial charge < -0.3 is 5.11 Å². The largest absolute Gasteiger partial charge is 0.481 e. The standard InChI is InChI=1S/C16H30O3/c1-4-6-8-10-12-14(16(18)19)15(17)13(3)11-9-7-5-2/h13-14H,4-12H2,1-3H3,(H,18,19). The molecule has 0 aromatic carbocycles. The first-order valence-electron chi connectivity index (χ1n) is 7.81. The fourth-order valence-corrected chi connectivity index (χ4v) is 2.35. The van der Waals surface area contributed by atoms with Gasteiger partial charge in [0.25, 0.3) is 0 Å². The minimum atomic E-state index is -0.941. The fraction of sp³-hybridized carbons (Fsp3) is 0.875. The van der Waals surface area contributed by atoms with Crippen LogP contribution in [0.2, 0.25) is 0 Å². The molecule has 0 aliphatic heterocycles. The Labute approximate surface area is 117 Å². The first-order valence-corrected chi connectivity index (χ1v) is 7.81. The van der Waals surface area contributed by atoms with Crippen LogP contribution < -0.4 is 0 Å². The van der Waals surface area contributed by atoms with E-state index >= 15 is 0 Å². The maximum atomic E-state index is 12.2. The summed E-state index contributed by atoms with van der Waals surface area (Å²) < 4.78 is 0. The van der Waals surface area contributed by atoms with Crippen molar-refractivity contribution in [2.75, 3.05) is 0 Å². The first kappa shape index (κ1) is 18.1. The third kappa shape index (κ3) is 8.02. The molecule has 1 N–H and O–H groups in total. The van der Waals surface area contributed by atoms with E-state index in [0.717, 1.165) is 51.4 Å². The van der Waals surface area contributed by atoms with Crippen molar-refractivity contribution in [1.29, 1.82) is 0 Å². The van der Waals surface area contributed by atoms with Gasteiger partial charge in [-0.25, -0.2) is 0 Å². The van der Waals surface area contributed by atoms with Gasteiger partial charge in [-0.1, -0.05) is 65.7 Å². The highest BCUT2D eigenvalue weighted by molar-refractivity contribution is 5.99. The second kappa shape index (κ2) is 11.0. The van der Waals surface area contributed by atoms with E-state index in [9.17, 15) is 14.7 Å². The van der Waals surface area contributed by atoms with Gasteiger partial charge in [0.1, 0.15) is 11.7 Å². The van der Waals surface area contributed by atoms with Gasteiger partial charge in [-0.2, -0.15) is 0 Å². The molecular formula is C16H30O3. The van der Waals surface area contributed by atoms with Crippen molar-refractivity contribution >= 4 is 11.8 Å². The summed E-state index contributed by atoms with van der Waals surface area (Å²) in [6.45, 7) is 6.12. The summed E-state index contributed by atoms with van der Waals surface area (Å²) in [7, 11) is 0. The molecule has 0 aliphatic carbocycles. The zero-order chi connectivity index (χ0) is 14.7. The Kier molecular flexibility index (Phi) is 10.5. The first-order chi connectivity index (χ1) is 9.04. The molecule has 2 atom stereocenters. The summed E-state index contributed by atoms with van der Waals surface area (Å²) >= 11 is 0. The number of aliphatic carboxylic acids is 1. The lowest BCUT2D eigenvalue weighted by Gasteiger charge is -2.16. The van der Waals surface area contributed by atoms with E-state index in [1.165, 1.54) is 0 Å². The van der Waals surface area contributed by atoms with Gasteiger partial charge in [0.15, 0.2) is 0 Å². The number of carbonyl (C=O) groups is 2. The molecule has 2 unspecified atom stereocenters. The van der Waals surface area contributed by atoms with Crippen LogP contribution in [0.5, 0.6) is 0 Å². The van der Waals surface area contributed by atoms with E-state index in [1.54, 1.807) is 0 Å². The van der Waals surface area contributed by atoms with Crippen LogP contribution in [0, 0.1) is 11.8 Å². The van der Waals surface area contributed by atoms with Crippen molar-refractivity contribution in [1.82, 2.24) is 0 Å². The van der Waals surface area contributed by atoms with Gasteiger partial charge in [-0.3, -0.25) is 9.59 Å². The molecule has 3 heteroatoms. The van der Waals surface area contributed by atoms with E-state index in [4.69, 9.17) is 0 Å². The number of hydrogen-bond donors (Lipinski definition) is 1. The summed E-state index contributed by atoms with van der Waals surface area (Å²) in [4.78, 5) is 23.4. The monoisotopic (exact) mass is 270 g/mol. The van der Waals surface area contributed by atoms with E-state index < -0.39 is 11.9 Å². The average Bonchev–Trinajstić information content (AvgIpc) is 2.37. The molecule has 3 nitrogen and oxygen atoms in total. The topological polar surface area (TPSA) is 54.4 Å². The second-order valence-corrected chi connectivity index (χ2v) is 5.54. The minimum Gasteiger partial charge on any atom is -0.481 e. The second-order valence-electron chi connectivity index (χ2n) is 5.54. The number of carbonyl (C=O) groups excluding carboxylic acids is 1. The van der Waals surface area contributed by atoms with Crippen molar-refractivity contribution in [2.24, 2.45) is 11.8 Å². The van der Waals surface area contributed by atoms with E-state index in [1.807, 2.05) is 6.92 Å². The molecule has 112 valence electrons. The van der Waals surface area contributed by atoms with Crippen LogP contribution in [0.1, 0.15) is 78.6 Å². The molecule has 0 aromatic heterocycles. The molecule has 0 aliphatic rings. The third-order valence-corrected chi connectivity index (χ3v) is 3.71. The Morgan fingerprint density at radius 3 is 1.95 bits per heavy atom. The van der Waals surface area contributed by atoms with Gasteiger partial charge in [-0.05, 0) is 12.8 Å². The predicted octanol–water partition coefficient (Wildman–Crippen LogP) is 4.44. The molecule has 0 spiro atoms. The Morgan fingerprint density at radius 1 is 0.895 bits per heavy atom. The highest BCUT2D eigenvalue weighted by Crippen LogP contribution is 2.20. The van der Waals surface area contributed by atoms with Gasteiger partial charge >= 0.3 is 5.97 Å². The number of ketones is 1. The summed E-state index contributed by atoms with van der Waals surface area (Å²) in [5.41, 5.74) is 0. The summed E-state index contributed by atoms with van der Waals surface area (Å²) in [6.07, 6.45) is 8.71. The minimum absolute atomic E-state index is 0.0694. The molecule has 0 saturated carbocycles. The molecule has 0 amide bonds. The van der Waals surface area contributed by atoms with Crippen molar-refractivity contribution in [3.8, 4) is 0 Å². The summed E-state index contributed by atoms with van der Waals surface area (Å²) in [6, 6.07) is 0. The SMILES string of the molecule is CCCCCCC(C(=O)O)C(=O)C(C)CCCCC. The molecule has 0 saturated heterocycles. The summed E-state index contributed by atoms with van der Waals surface area (Å²) in [5, 5.41) is 9.20. The Hall–Kier alpha value is -0.860. The van der Waals surface area contributed by atoms with Crippen LogP contribution in [0.15, 0.2) is 0 Å². The highest BCUT2D eigenvalue weighted by atomic mass is 16.4. The van der Waals surface area contributed by atoms with Crippen LogP contribution in [0.3, 0.4) is 0 Å². The van der Waals surface area contributed by atoms with Crippen LogP contribution in [0.25, 0.3) is 0 Å². The number of carboxylic acids is 1. The molecule has 0 fully saturated rings.